The van der Waals surface area contributed by atoms with E-state index in [9.17, 15) is 9.90 Å². The van der Waals surface area contributed by atoms with E-state index in [2.05, 4.69) is 4.98 Å². The minimum absolute atomic E-state index is 0.258. The molecule has 0 aliphatic rings. The van der Waals surface area contributed by atoms with E-state index in [-0.39, 0.29) is 4.88 Å². The van der Waals surface area contributed by atoms with Gasteiger partial charge < -0.3 is 5.11 Å². The Balaban J connectivity index is 2.00. The van der Waals surface area contributed by atoms with Crippen LogP contribution in [0.2, 0.25) is 0 Å². The fourth-order valence-corrected chi connectivity index (χ4v) is 3.13. The van der Waals surface area contributed by atoms with Crippen LogP contribution in [0.15, 0.2) is 54.6 Å². The molecule has 0 saturated carbocycles. The first-order chi connectivity index (χ1) is 11.1. The maximum atomic E-state index is 11.5. The molecule has 0 spiro atoms. The molecule has 0 aliphatic heterocycles. The summed E-state index contributed by atoms with van der Waals surface area (Å²) in [6, 6.07) is 17.7. The van der Waals surface area contributed by atoms with Crippen LogP contribution in [0.1, 0.15) is 26.5 Å². The normalized spacial score (nSPS) is 11.0. The number of hydrogen-bond acceptors (Lipinski definition) is 3. The first-order valence-electron chi connectivity index (χ1n) is 7.18. The SMILES string of the molecule is Cc1cccc(-c2nc(/C=C/c3ccccc3)c(C(=O)O)s2)c1. The van der Waals surface area contributed by atoms with Gasteiger partial charge in [0.25, 0.3) is 0 Å². The summed E-state index contributed by atoms with van der Waals surface area (Å²) in [5.41, 5.74) is 3.56. The van der Waals surface area contributed by atoms with Crippen LogP contribution in [0.5, 0.6) is 0 Å². The summed E-state index contributed by atoms with van der Waals surface area (Å²) >= 11 is 1.20. The lowest BCUT2D eigenvalue weighted by atomic mass is 10.1. The van der Waals surface area contributed by atoms with Crippen molar-refractivity contribution in [2.45, 2.75) is 6.92 Å². The molecule has 0 aliphatic carbocycles. The standard InChI is InChI=1S/C19H15NO2S/c1-13-6-5-9-15(12-13)18-20-16(17(23-18)19(21)22)11-10-14-7-3-2-4-8-14/h2-12H,1H3,(H,21,22)/b11-10+. The highest BCUT2D eigenvalue weighted by Gasteiger charge is 2.16. The second-order valence-electron chi connectivity index (χ2n) is 5.15. The molecule has 23 heavy (non-hydrogen) atoms. The molecule has 1 N–H and O–H groups in total. The summed E-state index contributed by atoms with van der Waals surface area (Å²) in [6.07, 6.45) is 3.64. The Morgan fingerprint density at radius 3 is 2.57 bits per heavy atom. The van der Waals surface area contributed by atoms with E-state index in [1.807, 2.05) is 67.6 Å². The number of benzene rings is 2. The Hall–Kier alpha value is -2.72. The number of carboxylic acid groups (broad SMARTS) is 1. The van der Waals surface area contributed by atoms with Gasteiger partial charge >= 0.3 is 5.97 Å². The van der Waals surface area contributed by atoms with Gasteiger partial charge in [-0.1, -0.05) is 60.2 Å². The molecule has 1 aromatic heterocycles. The highest BCUT2D eigenvalue weighted by atomic mass is 32.1. The van der Waals surface area contributed by atoms with Crippen LogP contribution < -0.4 is 0 Å². The molecule has 3 rings (SSSR count). The maximum Gasteiger partial charge on any atom is 0.348 e. The summed E-state index contributed by atoms with van der Waals surface area (Å²) < 4.78 is 0. The van der Waals surface area contributed by atoms with Gasteiger partial charge in [0.1, 0.15) is 9.88 Å². The van der Waals surface area contributed by atoms with E-state index in [0.29, 0.717) is 5.69 Å². The number of aryl methyl sites for hydroxylation is 1. The molecular weight excluding hydrogens is 306 g/mol. The quantitative estimate of drug-likeness (QED) is 0.736. The van der Waals surface area contributed by atoms with E-state index < -0.39 is 5.97 Å². The van der Waals surface area contributed by atoms with Gasteiger partial charge in [-0.2, -0.15) is 0 Å². The van der Waals surface area contributed by atoms with E-state index in [0.717, 1.165) is 21.7 Å². The van der Waals surface area contributed by atoms with E-state index in [1.54, 1.807) is 6.08 Å². The molecule has 0 fully saturated rings. The zero-order valence-electron chi connectivity index (χ0n) is 12.6. The number of aromatic nitrogens is 1. The minimum atomic E-state index is -0.950. The van der Waals surface area contributed by atoms with Crippen LogP contribution >= 0.6 is 11.3 Å². The van der Waals surface area contributed by atoms with Gasteiger partial charge in [-0.25, -0.2) is 9.78 Å². The van der Waals surface area contributed by atoms with Crippen molar-refractivity contribution < 1.29 is 9.90 Å². The summed E-state index contributed by atoms with van der Waals surface area (Å²) in [6.45, 7) is 2.01. The number of carbonyl (C=O) groups is 1. The molecule has 3 nitrogen and oxygen atoms in total. The second-order valence-corrected chi connectivity index (χ2v) is 6.15. The Morgan fingerprint density at radius 1 is 1.09 bits per heavy atom. The van der Waals surface area contributed by atoms with Crippen molar-refractivity contribution in [3.8, 4) is 10.6 Å². The molecule has 0 saturated heterocycles. The number of nitrogens with zero attached hydrogens (tertiary/aromatic N) is 1. The average molecular weight is 321 g/mol. The number of rotatable bonds is 4. The molecule has 0 atom stereocenters. The van der Waals surface area contributed by atoms with E-state index in [4.69, 9.17) is 0 Å². The van der Waals surface area contributed by atoms with Crippen LogP contribution in [0.4, 0.5) is 0 Å². The Bertz CT molecular complexity index is 866. The zero-order chi connectivity index (χ0) is 16.2. The van der Waals surface area contributed by atoms with Crippen LogP contribution in [0.3, 0.4) is 0 Å². The number of hydrogen-bond donors (Lipinski definition) is 1. The lowest BCUT2D eigenvalue weighted by Gasteiger charge is -1.96. The van der Waals surface area contributed by atoms with Crippen molar-refractivity contribution in [2.24, 2.45) is 0 Å². The third kappa shape index (κ3) is 3.55. The molecule has 2 aromatic carbocycles. The number of thiazole rings is 1. The molecule has 0 radical (unpaired) electrons. The topological polar surface area (TPSA) is 50.2 Å². The Labute approximate surface area is 138 Å². The molecule has 4 heteroatoms. The van der Waals surface area contributed by atoms with Gasteiger partial charge in [0, 0.05) is 5.56 Å². The van der Waals surface area contributed by atoms with Gasteiger partial charge in [-0.05, 0) is 24.6 Å². The van der Waals surface area contributed by atoms with Crippen LogP contribution in [-0.2, 0) is 0 Å². The monoisotopic (exact) mass is 321 g/mol. The fourth-order valence-electron chi connectivity index (χ4n) is 2.24. The fraction of sp³-hybridized carbons (Fsp3) is 0.0526. The van der Waals surface area contributed by atoms with Gasteiger partial charge in [0.15, 0.2) is 0 Å². The lowest BCUT2D eigenvalue weighted by molar-refractivity contribution is 0.0701. The largest absolute Gasteiger partial charge is 0.477 e. The van der Waals surface area contributed by atoms with Gasteiger partial charge in [-0.15, -0.1) is 11.3 Å². The third-order valence-electron chi connectivity index (χ3n) is 3.35. The highest BCUT2D eigenvalue weighted by molar-refractivity contribution is 7.17. The van der Waals surface area contributed by atoms with Crippen molar-refractivity contribution in [3.63, 3.8) is 0 Å². The van der Waals surface area contributed by atoms with E-state index in [1.165, 1.54) is 11.3 Å². The molecule has 0 bridgehead atoms. The van der Waals surface area contributed by atoms with E-state index >= 15 is 0 Å². The second kappa shape index (κ2) is 6.58. The van der Waals surface area contributed by atoms with Crippen LogP contribution in [0.25, 0.3) is 22.7 Å². The zero-order valence-corrected chi connectivity index (χ0v) is 13.4. The van der Waals surface area contributed by atoms with Crippen molar-refractivity contribution in [2.75, 3.05) is 0 Å². The molecule has 3 aromatic rings. The van der Waals surface area contributed by atoms with Gasteiger partial charge in [0.2, 0.25) is 0 Å². The molecule has 114 valence electrons. The van der Waals surface area contributed by atoms with Crippen molar-refractivity contribution in [1.29, 1.82) is 0 Å². The molecule has 0 unspecified atom stereocenters. The molecular formula is C19H15NO2S. The molecule has 0 amide bonds. The Morgan fingerprint density at radius 2 is 1.87 bits per heavy atom. The Kier molecular flexibility index (Phi) is 4.35. The summed E-state index contributed by atoms with van der Waals surface area (Å²) in [4.78, 5) is 16.2. The summed E-state index contributed by atoms with van der Waals surface area (Å²) in [5, 5.41) is 10.1. The minimum Gasteiger partial charge on any atom is -0.477 e. The highest BCUT2D eigenvalue weighted by Crippen LogP contribution is 2.29. The predicted molar refractivity (Wildman–Crippen MR) is 94.6 cm³/mol. The number of carboxylic acids is 1. The van der Waals surface area contributed by atoms with Crippen molar-refractivity contribution in [3.05, 3.63) is 76.3 Å². The van der Waals surface area contributed by atoms with Gasteiger partial charge in [-0.3, -0.25) is 0 Å². The number of aromatic carboxylic acids is 1. The summed E-state index contributed by atoms with van der Waals surface area (Å²) in [5.74, 6) is -0.950. The average Bonchev–Trinajstić information content (AvgIpc) is 2.98. The summed E-state index contributed by atoms with van der Waals surface area (Å²) in [7, 11) is 0. The van der Waals surface area contributed by atoms with Crippen molar-refractivity contribution in [1.82, 2.24) is 4.98 Å². The lowest BCUT2D eigenvalue weighted by Crippen LogP contribution is -1.94. The smallest absolute Gasteiger partial charge is 0.348 e. The predicted octanol–water partition coefficient (Wildman–Crippen LogP) is 4.99. The third-order valence-corrected chi connectivity index (χ3v) is 4.45. The van der Waals surface area contributed by atoms with Crippen LogP contribution in [0, 0.1) is 6.92 Å². The van der Waals surface area contributed by atoms with Crippen LogP contribution in [-0.4, -0.2) is 16.1 Å². The first kappa shape index (κ1) is 15.2. The van der Waals surface area contributed by atoms with Crippen molar-refractivity contribution >= 4 is 29.5 Å². The van der Waals surface area contributed by atoms with Gasteiger partial charge in [0.05, 0.1) is 5.69 Å². The molecule has 1 heterocycles. The maximum absolute atomic E-state index is 11.5. The first-order valence-corrected chi connectivity index (χ1v) is 7.99.